The monoisotopic (exact) mass is 356 g/mol. The Hall–Kier alpha value is -0.440. The maximum Gasteiger partial charge on any atom is 0.187 e. The van der Waals surface area contributed by atoms with Gasteiger partial charge in [0.2, 0.25) is 0 Å². The molecule has 0 aliphatic carbocycles. The van der Waals surface area contributed by atoms with E-state index in [1.54, 1.807) is 0 Å². The summed E-state index contributed by atoms with van der Waals surface area (Å²) >= 11 is 0. The zero-order valence-electron chi connectivity index (χ0n) is 13.0. The summed E-state index contributed by atoms with van der Waals surface area (Å²) in [6.45, 7) is -1.24. The van der Waals surface area contributed by atoms with Gasteiger partial charge in [-0.15, -0.1) is 0 Å². The molecule has 11 nitrogen and oxygen atoms in total. The van der Waals surface area contributed by atoms with Gasteiger partial charge in [0.25, 0.3) is 0 Å². The molecule has 2 aliphatic rings. The third-order valence-corrected chi connectivity index (χ3v) is 4.19. The number of hydrogen-bond donors (Lipinski definition) is 7. The maximum absolute atomic E-state index is 10.2. The Labute approximate surface area is 137 Å². The summed E-state index contributed by atoms with van der Waals surface area (Å²) < 4.78 is 20.6. The summed E-state index contributed by atoms with van der Waals surface area (Å²) in [5.41, 5.74) is 0. The predicted octanol–water partition coefficient (Wildman–Crippen LogP) is -4.74. The van der Waals surface area contributed by atoms with Crippen LogP contribution < -0.4 is 0 Å². The molecule has 142 valence electrons. The van der Waals surface area contributed by atoms with E-state index in [2.05, 4.69) is 0 Å². The van der Waals surface area contributed by atoms with E-state index in [-0.39, 0.29) is 0 Å². The van der Waals surface area contributed by atoms with Crippen LogP contribution in [0.2, 0.25) is 0 Å². The zero-order chi connectivity index (χ0) is 18.0. The summed E-state index contributed by atoms with van der Waals surface area (Å²) in [7, 11) is 1.24. The third kappa shape index (κ3) is 3.71. The first kappa shape index (κ1) is 19.9. The second-order valence-corrected chi connectivity index (χ2v) is 5.74. The number of ether oxygens (including phenoxy) is 4. The van der Waals surface area contributed by atoms with E-state index < -0.39 is 74.6 Å². The largest absolute Gasteiger partial charge is 0.394 e. The molecule has 0 amide bonds. The smallest absolute Gasteiger partial charge is 0.187 e. The van der Waals surface area contributed by atoms with Crippen molar-refractivity contribution in [2.75, 3.05) is 20.3 Å². The highest BCUT2D eigenvalue weighted by Crippen LogP contribution is 2.29. The Morgan fingerprint density at radius 2 is 1.25 bits per heavy atom. The molecule has 0 aromatic heterocycles. The Balaban J connectivity index is 2.12. The summed E-state index contributed by atoms with van der Waals surface area (Å²) in [5.74, 6) is 0. The Morgan fingerprint density at radius 3 is 1.79 bits per heavy atom. The molecule has 2 rings (SSSR count). The Kier molecular flexibility index (Phi) is 6.87. The van der Waals surface area contributed by atoms with Gasteiger partial charge in [0, 0.05) is 7.11 Å². The van der Waals surface area contributed by atoms with E-state index >= 15 is 0 Å². The van der Waals surface area contributed by atoms with Gasteiger partial charge in [-0.05, 0) is 0 Å². The molecule has 2 saturated heterocycles. The molecule has 2 fully saturated rings. The lowest BCUT2D eigenvalue weighted by Crippen LogP contribution is -2.64. The molecule has 0 aromatic carbocycles. The maximum atomic E-state index is 10.2. The van der Waals surface area contributed by atoms with Crippen LogP contribution in [-0.4, -0.2) is 117 Å². The lowest BCUT2D eigenvalue weighted by atomic mass is 9.97. The van der Waals surface area contributed by atoms with Crippen LogP contribution in [0.5, 0.6) is 0 Å². The average molecular weight is 356 g/mol. The molecule has 2 aliphatic heterocycles. The fourth-order valence-electron chi connectivity index (χ4n) is 2.75. The van der Waals surface area contributed by atoms with Crippen molar-refractivity contribution < 1.29 is 54.7 Å². The van der Waals surface area contributed by atoms with Crippen LogP contribution in [0.4, 0.5) is 0 Å². The quantitative estimate of drug-likeness (QED) is 0.251. The number of aliphatic hydroxyl groups is 7. The molecule has 4 unspecified atom stereocenters. The van der Waals surface area contributed by atoms with Crippen LogP contribution in [0.15, 0.2) is 0 Å². The lowest BCUT2D eigenvalue weighted by Gasteiger charge is -2.45. The first-order valence-corrected chi connectivity index (χ1v) is 7.46. The van der Waals surface area contributed by atoms with Gasteiger partial charge in [-0.1, -0.05) is 0 Å². The van der Waals surface area contributed by atoms with Crippen molar-refractivity contribution in [3.63, 3.8) is 0 Å². The molecule has 0 spiro atoms. The van der Waals surface area contributed by atoms with E-state index in [0.29, 0.717) is 0 Å². The van der Waals surface area contributed by atoms with Crippen molar-refractivity contribution in [1.29, 1.82) is 0 Å². The fraction of sp³-hybridized carbons (Fsp3) is 1.00. The van der Waals surface area contributed by atoms with Crippen LogP contribution in [0.25, 0.3) is 0 Å². The van der Waals surface area contributed by atoms with Gasteiger partial charge in [0.05, 0.1) is 13.2 Å². The summed E-state index contributed by atoms with van der Waals surface area (Å²) in [6, 6.07) is 0. The Bertz CT molecular complexity index is 392. The van der Waals surface area contributed by atoms with Gasteiger partial charge in [0.1, 0.15) is 48.8 Å². The van der Waals surface area contributed by atoms with Crippen LogP contribution in [0.1, 0.15) is 0 Å². The molecule has 0 bridgehead atoms. The van der Waals surface area contributed by atoms with E-state index in [4.69, 9.17) is 24.1 Å². The minimum atomic E-state index is -1.69. The third-order valence-electron chi connectivity index (χ3n) is 4.19. The highest BCUT2D eigenvalue weighted by atomic mass is 16.7. The summed E-state index contributed by atoms with van der Waals surface area (Å²) in [5, 5.41) is 68.0. The van der Waals surface area contributed by atoms with Gasteiger partial charge in [-0.25, -0.2) is 0 Å². The van der Waals surface area contributed by atoms with Gasteiger partial charge in [-0.2, -0.15) is 0 Å². The van der Waals surface area contributed by atoms with Crippen molar-refractivity contribution >= 4 is 0 Å². The Morgan fingerprint density at radius 1 is 0.708 bits per heavy atom. The van der Waals surface area contributed by atoms with Gasteiger partial charge in [-0.3, -0.25) is 0 Å². The topological polar surface area (TPSA) is 179 Å². The second kappa shape index (κ2) is 8.29. The molecule has 24 heavy (non-hydrogen) atoms. The molecule has 11 heteroatoms. The van der Waals surface area contributed by atoms with Crippen molar-refractivity contribution in [2.45, 2.75) is 61.4 Å². The normalized spacial score (nSPS) is 50.0. The van der Waals surface area contributed by atoms with Crippen LogP contribution in [0.3, 0.4) is 0 Å². The number of methoxy groups -OCH3 is 1. The van der Waals surface area contributed by atoms with Crippen LogP contribution in [-0.2, 0) is 18.9 Å². The van der Waals surface area contributed by atoms with Crippen molar-refractivity contribution in [1.82, 2.24) is 0 Å². The predicted molar refractivity (Wildman–Crippen MR) is 73.4 cm³/mol. The van der Waals surface area contributed by atoms with E-state index in [1.165, 1.54) is 7.11 Å². The molecule has 10 atom stereocenters. The molecular weight excluding hydrogens is 332 g/mol. The van der Waals surface area contributed by atoms with Gasteiger partial charge in [0.15, 0.2) is 12.6 Å². The van der Waals surface area contributed by atoms with Gasteiger partial charge >= 0.3 is 0 Å². The van der Waals surface area contributed by atoms with Crippen molar-refractivity contribution in [2.24, 2.45) is 0 Å². The molecule has 7 N–H and O–H groups in total. The minimum Gasteiger partial charge on any atom is -0.394 e. The minimum absolute atomic E-state index is 0.592. The van der Waals surface area contributed by atoms with Gasteiger partial charge < -0.3 is 54.7 Å². The first-order chi connectivity index (χ1) is 11.3. The van der Waals surface area contributed by atoms with Crippen LogP contribution >= 0.6 is 0 Å². The van der Waals surface area contributed by atoms with E-state index in [0.717, 1.165) is 0 Å². The standard InChI is InChI=1S/C13H24O11/c1-21-12-10(20)8(18)11(5(3-15)23-12)24-13-9(19)7(17)6(16)4(2-14)22-13/h4-20H,2-3H2,1H3/t4?,5?,6-,7?,8-,9+,10?,11-,12-,13-/m1/s1. The molecular formula is C13H24O11. The highest BCUT2D eigenvalue weighted by Gasteiger charge is 2.50. The van der Waals surface area contributed by atoms with E-state index in [9.17, 15) is 30.6 Å². The lowest BCUT2D eigenvalue weighted by molar-refractivity contribution is -0.357. The first-order valence-electron chi connectivity index (χ1n) is 7.46. The van der Waals surface area contributed by atoms with Crippen molar-refractivity contribution in [3.05, 3.63) is 0 Å². The zero-order valence-corrected chi connectivity index (χ0v) is 13.0. The van der Waals surface area contributed by atoms with E-state index in [1.807, 2.05) is 0 Å². The molecule has 2 heterocycles. The van der Waals surface area contributed by atoms with Crippen LogP contribution in [0, 0.1) is 0 Å². The summed E-state index contributed by atoms with van der Waals surface area (Å²) in [6.07, 6.45) is -14.3. The number of rotatable bonds is 5. The second-order valence-electron chi connectivity index (χ2n) is 5.74. The molecule has 0 radical (unpaired) electrons. The number of aliphatic hydroxyl groups excluding tert-OH is 7. The van der Waals surface area contributed by atoms with Crippen molar-refractivity contribution in [3.8, 4) is 0 Å². The highest BCUT2D eigenvalue weighted by molar-refractivity contribution is 4.93. The number of hydrogen-bond acceptors (Lipinski definition) is 11. The molecule has 0 aromatic rings. The fourth-order valence-corrected chi connectivity index (χ4v) is 2.75. The average Bonchev–Trinajstić information content (AvgIpc) is 2.59. The molecule has 0 saturated carbocycles. The summed E-state index contributed by atoms with van der Waals surface area (Å²) in [4.78, 5) is 0. The SMILES string of the molecule is CO[C@@H]1OC(CO)[C@@H](O[C@H]2OC(CO)[C@@H](O)C(O)[C@@H]2O)[C@H](O)C1O.